The zero-order valence-corrected chi connectivity index (χ0v) is 21.5. The van der Waals surface area contributed by atoms with Crippen LogP contribution in [0.25, 0.3) is 6.08 Å². The summed E-state index contributed by atoms with van der Waals surface area (Å²) in [5, 5.41) is 22.1. The van der Waals surface area contributed by atoms with E-state index in [-0.39, 0.29) is 35.5 Å². The van der Waals surface area contributed by atoms with E-state index in [4.69, 9.17) is 4.65 Å². The van der Waals surface area contributed by atoms with Gasteiger partial charge in [-0.15, -0.1) is 11.3 Å². The summed E-state index contributed by atoms with van der Waals surface area (Å²) in [5.41, 5.74) is 4.52. The molecular weight excluding hydrogens is 473 g/mol. The highest BCUT2D eigenvalue weighted by Crippen LogP contribution is 2.50. The Bertz CT molecular complexity index is 1190. The number of hydrogen-bond acceptors (Lipinski definition) is 6. The SMILES string of the molecule is CC/C(=C\c1ccc(O)cc1)CC[C@H]1OB(O)C[C@H]2C1=C(C)C[C@H]1C(=O)N(Cc3cccs3)C(=O)[C@H]12. The van der Waals surface area contributed by atoms with Crippen molar-refractivity contribution in [3.8, 4) is 5.75 Å². The molecule has 1 aromatic heterocycles. The van der Waals surface area contributed by atoms with Gasteiger partial charge in [-0.1, -0.05) is 42.3 Å². The third-order valence-electron chi connectivity index (χ3n) is 7.88. The molecular formula is C28H32BNO5S. The van der Waals surface area contributed by atoms with Crippen LogP contribution in [0.4, 0.5) is 0 Å². The maximum atomic E-state index is 13.5. The van der Waals surface area contributed by atoms with Gasteiger partial charge >= 0.3 is 7.12 Å². The van der Waals surface area contributed by atoms with Crippen LogP contribution in [0.15, 0.2) is 58.5 Å². The zero-order chi connectivity index (χ0) is 25.4. The molecule has 8 heteroatoms. The minimum absolute atomic E-state index is 0.0839. The first-order valence-corrected chi connectivity index (χ1v) is 13.6. The normalized spacial score (nSPS) is 26.5. The van der Waals surface area contributed by atoms with Gasteiger partial charge in [-0.05, 0) is 79.6 Å². The summed E-state index contributed by atoms with van der Waals surface area (Å²) >= 11 is 1.55. The Morgan fingerprint density at radius 2 is 1.97 bits per heavy atom. The summed E-state index contributed by atoms with van der Waals surface area (Å²) in [5.74, 6) is -0.892. The van der Waals surface area contributed by atoms with Crippen LogP contribution < -0.4 is 0 Å². The molecule has 0 saturated carbocycles. The van der Waals surface area contributed by atoms with Crippen molar-refractivity contribution < 1.29 is 24.4 Å². The molecule has 2 N–H and O–H groups in total. The number of likely N-dealkylation sites (tertiary alicyclic amines) is 1. The predicted molar refractivity (Wildman–Crippen MR) is 141 cm³/mol. The van der Waals surface area contributed by atoms with Crippen molar-refractivity contribution in [2.45, 2.75) is 58.5 Å². The van der Waals surface area contributed by atoms with Crippen LogP contribution >= 0.6 is 11.3 Å². The smallest absolute Gasteiger partial charge is 0.455 e. The largest absolute Gasteiger partial charge is 0.508 e. The monoisotopic (exact) mass is 505 g/mol. The third kappa shape index (κ3) is 4.82. The van der Waals surface area contributed by atoms with E-state index in [0.717, 1.165) is 34.4 Å². The highest BCUT2D eigenvalue weighted by atomic mass is 32.1. The second-order valence-electron chi connectivity index (χ2n) is 10.1. The summed E-state index contributed by atoms with van der Waals surface area (Å²) < 4.78 is 6.04. The van der Waals surface area contributed by atoms with Gasteiger partial charge < -0.3 is 14.8 Å². The van der Waals surface area contributed by atoms with Gasteiger partial charge in [0.25, 0.3) is 0 Å². The number of amides is 2. The fourth-order valence-corrected chi connectivity index (χ4v) is 6.87. The number of phenolic OH excluding ortho intramolecular Hbond substituents is 1. The fraction of sp³-hybridized carbons (Fsp3) is 0.429. The topological polar surface area (TPSA) is 87.1 Å². The van der Waals surface area contributed by atoms with Gasteiger partial charge in [-0.2, -0.15) is 0 Å². The molecule has 6 nitrogen and oxygen atoms in total. The number of fused-ring (bicyclic) bond motifs is 3. The number of aromatic hydroxyl groups is 1. The maximum Gasteiger partial charge on any atom is 0.455 e. The molecule has 3 heterocycles. The fourth-order valence-electron chi connectivity index (χ4n) is 6.17. The number of imide groups is 1. The summed E-state index contributed by atoms with van der Waals surface area (Å²) in [4.78, 5) is 29.2. The predicted octanol–water partition coefficient (Wildman–Crippen LogP) is 5.04. The highest BCUT2D eigenvalue weighted by Gasteiger charge is 2.56. The lowest BCUT2D eigenvalue weighted by Crippen LogP contribution is -2.46. The van der Waals surface area contributed by atoms with Crippen LogP contribution in [0.2, 0.25) is 6.32 Å². The number of hydrogen-bond donors (Lipinski definition) is 2. The zero-order valence-electron chi connectivity index (χ0n) is 20.7. The molecule has 5 rings (SSSR count). The van der Waals surface area contributed by atoms with Crippen LogP contribution in [-0.4, -0.2) is 40.1 Å². The van der Waals surface area contributed by atoms with E-state index in [1.54, 1.807) is 23.5 Å². The van der Waals surface area contributed by atoms with Crippen molar-refractivity contribution in [1.29, 1.82) is 0 Å². The number of carbonyl (C=O) groups is 2. The highest BCUT2D eigenvalue weighted by molar-refractivity contribution is 7.09. The summed E-state index contributed by atoms with van der Waals surface area (Å²) in [6.07, 6.45) is 5.16. The van der Waals surface area contributed by atoms with Crippen molar-refractivity contribution >= 4 is 36.3 Å². The molecule has 2 aromatic rings. The molecule has 36 heavy (non-hydrogen) atoms. The van der Waals surface area contributed by atoms with E-state index < -0.39 is 13.0 Å². The van der Waals surface area contributed by atoms with Crippen LogP contribution in [0, 0.1) is 17.8 Å². The van der Waals surface area contributed by atoms with Crippen LogP contribution in [0.1, 0.15) is 50.0 Å². The van der Waals surface area contributed by atoms with E-state index >= 15 is 0 Å². The second-order valence-corrected chi connectivity index (χ2v) is 11.2. The van der Waals surface area contributed by atoms with Crippen molar-refractivity contribution in [3.63, 3.8) is 0 Å². The molecule has 4 atom stereocenters. The van der Waals surface area contributed by atoms with E-state index in [1.165, 1.54) is 10.5 Å². The first-order chi connectivity index (χ1) is 17.4. The lowest BCUT2D eigenvalue weighted by atomic mass is 9.59. The molecule has 0 spiro atoms. The maximum absolute atomic E-state index is 13.5. The van der Waals surface area contributed by atoms with Gasteiger partial charge in [0.15, 0.2) is 0 Å². The standard InChI is InChI=1S/C28H32BNO5S/c1-3-18(14-19-6-9-20(31)10-7-19)8-11-24-25-17(2)13-22-26(23(25)15-29(34)35-24)28(33)30(27(22)32)16-21-5-4-12-36-21/h4-7,9-10,12,14,22-24,26,31,34H,3,8,11,13,15-16H2,1-2H3/b18-14+/t22-,23+,24-,26-/m1/s1. The number of benzene rings is 1. The molecule has 2 amide bonds. The Balaban J connectivity index is 1.35. The number of rotatable bonds is 7. The summed E-state index contributed by atoms with van der Waals surface area (Å²) in [7, 11) is -0.948. The van der Waals surface area contributed by atoms with Crippen LogP contribution in [0.3, 0.4) is 0 Å². The van der Waals surface area contributed by atoms with Crippen LogP contribution in [0.5, 0.6) is 5.75 Å². The first-order valence-electron chi connectivity index (χ1n) is 12.7. The van der Waals surface area contributed by atoms with E-state index in [2.05, 4.69) is 19.9 Å². The van der Waals surface area contributed by atoms with Crippen LogP contribution in [-0.2, 0) is 20.8 Å². The Hall–Kier alpha value is -2.68. The van der Waals surface area contributed by atoms with Gasteiger partial charge in [0.05, 0.1) is 24.5 Å². The van der Waals surface area contributed by atoms with E-state index in [1.807, 2.05) is 29.6 Å². The molecule has 0 bridgehead atoms. The molecule has 188 valence electrons. The molecule has 0 unspecified atom stereocenters. The minimum atomic E-state index is -0.948. The number of thiophene rings is 1. The number of allylic oxidation sites excluding steroid dienone is 2. The summed E-state index contributed by atoms with van der Waals surface area (Å²) in [6.45, 7) is 4.50. The van der Waals surface area contributed by atoms with Gasteiger partial charge in [-0.25, -0.2) is 0 Å². The van der Waals surface area contributed by atoms with Gasteiger partial charge in [0, 0.05) is 4.88 Å². The summed E-state index contributed by atoms with van der Waals surface area (Å²) in [6, 6.07) is 11.0. The lowest BCUT2D eigenvalue weighted by Gasteiger charge is -2.42. The van der Waals surface area contributed by atoms with Gasteiger partial charge in [0.1, 0.15) is 5.75 Å². The Labute approximate surface area is 216 Å². The van der Waals surface area contributed by atoms with Crippen molar-refractivity contribution in [3.05, 3.63) is 68.9 Å². The molecule has 1 aromatic carbocycles. The first kappa shape index (κ1) is 25.0. The van der Waals surface area contributed by atoms with Crippen molar-refractivity contribution in [1.82, 2.24) is 4.90 Å². The molecule has 0 radical (unpaired) electrons. The average molecular weight is 505 g/mol. The van der Waals surface area contributed by atoms with Gasteiger partial charge in [0.2, 0.25) is 11.8 Å². The number of phenols is 1. The lowest BCUT2D eigenvalue weighted by molar-refractivity contribution is -0.140. The Morgan fingerprint density at radius 1 is 1.19 bits per heavy atom. The van der Waals surface area contributed by atoms with E-state index in [9.17, 15) is 19.7 Å². The van der Waals surface area contributed by atoms with E-state index in [0.29, 0.717) is 25.7 Å². The minimum Gasteiger partial charge on any atom is -0.508 e. The quantitative estimate of drug-likeness (QED) is 0.313. The van der Waals surface area contributed by atoms with Crippen molar-refractivity contribution in [2.24, 2.45) is 17.8 Å². The average Bonchev–Trinajstić information content (AvgIpc) is 3.45. The molecule has 2 aliphatic heterocycles. The number of nitrogens with zero attached hydrogens (tertiary/aromatic N) is 1. The van der Waals surface area contributed by atoms with Gasteiger partial charge in [-0.3, -0.25) is 14.5 Å². The molecule has 1 aliphatic carbocycles. The molecule has 3 aliphatic rings. The third-order valence-corrected chi connectivity index (χ3v) is 8.74. The number of carbonyl (C=O) groups excluding carboxylic acids is 2. The second kappa shape index (κ2) is 10.4. The molecule has 2 fully saturated rings. The Kier molecular flexibility index (Phi) is 7.19. The van der Waals surface area contributed by atoms with Crippen molar-refractivity contribution in [2.75, 3.05) is 0 Å². The Morgan fingerprint density at radius 3 is 2.67 bits per heavy atom. The molecule has 2 saturated heterocycles.